The van der Waals surface area contributed by atoms with Crippen molar-refractivity contribution < 1.29 is 19.2 Å². The molecule has 0 bridgehead atoms. The summed E-state index contributed by atoms with van der Waals surface area (Å²) < 4.78 is 0.891. The SMILES string of the molecule is CC(C(=O)ON1C(=O)c2ccccc2C1=O)c1ccc(Br)cc1. The van der Waals surface area contributed by atoms with Crippen molar-refractivity contribution in [2.24, 2.45) is 0 Å². The van der Waals surface area contributed by atoms with Crippen LogP contribution >= 0.6 is 15.9 Å². The molecule has 1 aliphatic rings. The minimum absolute atomic E-state index is 0.238. The number of rotatable bonds is 3. The number of nitrogens with zero attached hydrogens (tertiary/aromatic N) is 1. The van der Waals surface area contributed by atoms with Crippen molar-refractivity contribution in [3.63, 3.8) is 0 Å². The molecule has 1 aliphatic heterocycles. The van der Waals surface area contributed by atoms with Gasteiger partial charge in [0.05, 0.1) is 17.0 Å². The number of carbonyl (C=O) groups is 3. The van der Waals surface area contributed by atoms with Crippen LogP contribution in [0.2, 0.25) is 0 Å². The average Bonchev–Trinajstić information content (AvgIpc) is 2.80. The van der Waals surface area contributed by atoms with E-state index in [0.29, 0.717) is 5.06 Å². The first-order valence-corrected chi connectivity index (χ1v) is 7.73. The molecule has 0 saturated carbocycles. The van der Waals surface area contributed by atoms with Gasteiger partial charge in [-0.05, 0) is 36.8 Å². The molecule has 0 aliphatic carbocycles. The van der Waals surface area contributed by atoms with Crippen molar-refractivity contribution in [3.05, 3.63) is 69.7 Å². The molecule has 2 aromatic carbocycles. The lowest BCUT2D eigenvalue weighted by molar-refractivity contribution is -0.170. The quantitative estimate of drug-likeness (QED) is 0.774. The van der Waals surface area contributed by atoms with E-state index in [-0.39, 0.29) is 11.1 Å². The summed E-state index contributed by atoms with van der Waals surface area (Å²) in [6.07, 6.45) is 0. The van der Waals surface area contributed by atoms with Gasteiger partial charge >= 0.3 is 5.97 Å². The summed E-state index contributed by atoms with van der Waals surface area (Å²) in [5.74, 6) is -2.52. The summed E-state index contributed by atoms with van der Waals surface area (Å²) in [6.45, 7) is 1.66. The minimum atomic E-state index is -0.665. The van der Waals surface area contributed by atoms with Crippen LogP contribution in [0.3, 0.4) is 0 Å². The van der Waals surface area contributed by atoms with Gasteiger partial charge in [-0.3, -0.25) is 9.59 Å². The molecule has 6 heteroatoms. The Hall–Kier alpha value is -2.47. The Labute approximate surface area is 140 Å². The third kappa shape index (κ3) is 2.77. The summed E-state index contributed by atoms with van der Waals surface area (Å²) in [5.41, 5.74) is 1.21. The predicted octanol–water partition coefficient (Wildman–Crippen LogP) is 3.31. The minimum Gasteiger partial charge on any atom is -0.329 e. The molecule has 1 atom stereocenters. The van der Waals surface area contributed by atoms with E-state index in [1.54, 1.807) is 43.3 Å². The molecular formula is C17H12BrNO4. The highest BCUT2D eigenvalue weighted by atomic mass is 79.9. The smallest absolute Gasteiger partial charge is 0.329 e. The number of halogens is 1. The van der Waals surface area contributed by atoms with Crippen molar-refractivity contribution in [1.82, 2.24) is 5.06 Å². The highest BCUT2D eigenvalue weighted by Crippen LogP contribution is 2.25. The lowest BCUT2D eigenvalue weighted by Crippen LogP contribution is -2.34. The zero-order valence-corrected chi connectivity index (χ0v) is 13.7. The standard InChI is InChI=1S/C17H12BrNO4/c1-10(11-6-8-12(18)9-7-11)17(22)23-19-15(20)13-4-2-3-5-14(13)16(19)21/h2-10H,1H3. The van der Waals surface area contributed by atoms with Crippen LogP contribution in [0.1, 0.15) is 39.1 Å². The van der Waals surface area contributed by atoms with Crippen LogP contribution in [0, 0.1) is 0 Å². The van der Waals surface area contributed by atoms with Crippen molar-refractivity contribution in [3.8, 4) is 0 Å². The molecule has 0 fully saturated rings. The monoisotopic (exact) mass is 373 g/mol. The lowest BCUT2D eigenvalue weighted by atomic mass is 10.0. The van der Waals surface area contributed by atoms with Gasteiger partial charge in [-0.2, -0.15) is 0 Å². The highest BCUT2D eigenvalue weighted by molar-refractivity contribution is 9.10. The van der Waals surface area contributed by atoms with Crippen LogP contribution in [-0.4, -0.2) is 22.8 Å². The molecule has 3 rings (SSSR count). The lowest BCUT2D eigenvalue weighted by Gasteiger charge is -2.16. The number of fused-ring (bicyclic) bond motifs is 1. The number of imide groups is 1. The van der Waals surface area contributed by atoms with Crippen LogP contribution in [0.5, 0.6) is 0 Å². The number of amides is 2. The van der Waals surface area contributed by atoms with Crippen molar-refractivity contribution in [2.45, 2.75) is 12.8 Å². The van der Waals surface area contributed by atoms with Crippen molar-refractivity contribution in [1.29, 1.82) is 0 Å². The Morgan fingerprint density at radius 3 is 2.04 bits per heavy atom. The molecule has 0 N–H and O–H groups in total. The first-order valence-electron chi connectivity index (χ1n) is 6.94. The van der Waals surface area contributed by atoms with E-state index >= 15 is 0 Å². The molecule has 1 unspecified atom stereocenters. The first-order chi connectivity index (χ1) is 11.0. The molecule has 0 spiro atoms. The maximum atomic E-state index is 12.2. The molecule has 116 valence electrons. The van der Waals surface area contributed by atoms with E-state index in [1.165, 1.54) is 12.1 Å². The van der Waals surface area contributed by atoms with Crippen LogP contribution < -0.4 is 0 Å². The third-order valence-electron chi connectivity index (χ3n) is 3.66. The van der Waals surface area contributed by atoms with Gasteiger partial charge in [0.25, 0.3) is 11.8 Å². The van der Waals surface area contributed by atoms with E-state index in [4.69, 9.17) is 4.84 Å². The number of hydrogen-bond donors (Lipinski definition) is 0. The Morgan fingerprint density at radius 2 is 1.52 bits per heavy atom. The second-order valence-corrected chi connectivity index (χ2v) is 6.05. The summed E-state index contributed by atoms with van der Waals surface area (Å²) in [5, 5.41) is 0.530. The van der Waals surface area contributed by atoms with Gasteiger partial charge in [0.15, 0.2) is 0 Å². The fraction of sp³-hybridized carbons (Fsp3) is 0.118. The first kappa shape index (κ1) is 15.4. The fourth-order valence-electron chi connectivity index (χ4n) is 2.31. The van der Waals surface area contributed by atoms with E-state index in [9.17, 15) is 14.4 Å². The van der Waals surface area contributed by atoms with Crippen LogP contribution in [0.25, 0.3) is 0 Å². The molecule has 0 aromatic heterocycles. The molecule has 23 heavy (non-hydrogen) atoms. The van der Waals surface area contributed by atoms with Gasteiger partial charge in [0.2, 0.25) is 0 Å². The average molecular weight is 374 g/mol. The normalized spacial score (nSPS) is 14.6. The van der Waals surface area contributed by atoms with Crippen LogP contribution in [0.4, 0.5) is 0 Å². The summed E-state index contributed by atoms with van der Waals surface area (Å²) in [4.78, 5) is 41.6. The van der Waals surface area contributed by atoms with Crippen molar-refractivity contribution in [2.75, 3.05) is 0 Å². The highest BCUT2D eigenvalue weighted by Gasteiger charge is 2.39. The molecule has 0 saturated heterocycles. The molecule has 5 nitrogen and oxygen atoms in total. The Balaban J connectivity index is 1.77. The second kappa shape index (κ2) is 5.96. The molecule has 2 amide bonds. The van der Waals surface area contributed by atoms with Gasteiger partial charge < -0.3 is 4.84 Å². The molecule has 2 aromatic rings. The van der Waals surface area contributed by atoms with Gasteiger partial charge in [-0.25, -0.2) is 4.79 Å². The summed E-state index contributed by atoms with van der Waals surface area (Å²) in [7, 11) is 0. The zero-order valence-electron chi connectivity index (χ0n) is 12.2. The van der Waals surface area contributed by atoms with Gasteiger partial charge in [-0.1, -0.05) is 45.3 Å². The van der Waals surface area contributed by atoms with Crippen LogP contribution in [-0.2, 0) is 9.63 Å². The van der Waals surface area contributed by atoms with E-state index in [2.05, 4.69) is 15.9 Å². The maximum absolute atomic E-state index is 12.2. The number of carbonyl (C=O) groups excluding carboxylic acids is 3. The third-order valence-corrected chi connectivity index (χ3v) is 4.19. The van der Waals surface area contributed by atoms with E-state index < -0.39 is 23.7 Å². The molecule has 0 radical (unpaired) electrons. The number of benzene rings is 2. The Bertz CT molecular complexity index is 765. The van der Waals surface area contributed by atoms with Gasteiger partial charge in [0, 0.05) is 4.47 Å². The zero-order chi connectivity index (χ0) is 16.6. The largest absolute Gasteiger partial charge is 0.340 e. The van der Waals surface area contributed by atoms with Crippen LogP contribution in [0.15, 0.2) is 53.0 Å². The van der Waals surface area contributed by atoms with Gasteiger partial charge in [-0.15, -0.1) is 0 Å². The molecular weight excluding hydrogens is 362 g/mol. The fourth-order valence-corrected chi connectivity index (χ4v) is 2.57. The number of hydroxylamine groups is 2. The van der Waals surface area contributed by atoms with Gasteiger partial charge in [0.1, 0.15) is 0 Å². The Morgan fingerprint density at radius 1 is 1.00 bits per heavy atom. The maximum Gasteiger partial charge on any atom is 0.340 e. The second-order valence-electron chi connectivity index (χ2n) is 5.13. The van der Waals surface area contributed by atoms with E-state index in [0.717, 1.165) is 10.0 Å². The van der Waals surface area contributed by atoms with E-state index in [1.807, 2.05) is 0 Å². The summed E-state index contributed by atoms with van der Waals surface area (Å²) >= 11 is 3.32. The predicted molar refractivity (Wildman–Crippen MR) is 85.6 cm³/mol. The Kier molecular flexibility index (Phi) is 4.00. The topological polar surface area (TPSA) is 63.7 Å². The molecule has 1 heterocycles. The van der Waals surface area contributed by atoms with Crippen molar-refractivity contribution >= 4 is 33.7 Å². The number of hydrogen-bond acceptors (Lipinski definition) is 4. The summed E-state index contributed by atoms with van der Waals surface area (Å²) in [6, 6.07) is 13.5.